The number of aryl methyl sites for hydroxylation is 1. The molecule has 0 atom stereocenters. The maximum atomic E-state index is 13.1. The lowest BCUT2D eigenvalue weighted by Gasteiger charge is -2.28. The molecule has 3 aromatic heterocycles. The average Bonchev–Trinajstić information content (AvgIpc) is 3.28. The lowest BCUT2D eigenvalue weighted by molar-refractivity contribution is 0.206. The number of hydrogen-bond donors (Lipinski definition) is 1. The molecular weight excluding hydrogens is 436 g/mol. The summed E-state index contributed by atoms with van der Waals surface area (Å²) in [4.78, 5) is 24.2. The van der Waals surface area contributed by atoms with Crippen LogP contribution in [0, 0.1) is 6.92 Å². The first-order valence-electron chi connectivity index (χ1n) is 11.7. The largest absolute Gasteiger partial charge is 0.323 e. The fourth-order valence-corrected chi connectivity index (χ4v) is 4.65. The minimum absolute atomic E-state index is 0.153. The van der Waals surface area contributed by atoms with Gasteiger partial charge in [-0.15, -0.1) is 0 Å². The molecule has 1 N–H and O–H groups in total. The molecule has 0 saturated heterocycles. The quantitative estimate of drug-likeness (QED) is 0.393. The number of carbonyl (C=O) groups is 1. The molecule has 0 fully saturated rings. The Hall–Kier alpha value is -4.52. The molecule has 7 heteroatoms. The van der Waals surface area contributed by atoms with E-state index in [-0.39, 0.29) is 6.03 Å². The molecule has 0 unspecified atom stereocenters. The molecule has 2 aromatic carbocycles. The third kappa shape index (κ3) is 4.01. The Morgan fingerprint density at radius 2 is 1.80 bits per heavy atom. The van der Waals surface area contributed by atoms with Gasteiger partial charge in [0.2, 0.25) is 0 Å². The monoisotopic (exact) mass is 460 g/mol. The third-order valence-electron chi connectivity index (χ3n) is 6.37. The van der Waals surface area contributed by atoms with Crippen LogP contribution >= 0.6 is 0 Å². The average molecular weight is 461 g/mol. The fraction of sp³-hybridized carbons (Fsp3) is 0.143. The number of fused-ring (bicyclic) bond motifs is 2. The first-order valence-corrected chi connectivity index (χ1v) is 11.7. The van der Waals surface area contributed by atoms with Gasteiger partial charge in [-0.2, -0.15) is 5.10 Å². The molecule has 172 valence electrons. The van der Waals surface area contributed by atoms with Crippen LogP contribution in [0.5, 0.6) is 0 Å². The van der Waals surface area contributed by atoms with E-state index in [1.54, 1.807) is 12.4 Å². The van der Waals surface area contributed by atoms with E-state index in [2.05, 4.69) is 52.7 Å². The van der Waals surface area contributed by atoms with Gasteiger partial charge in [-0.25, -0.2) is 19.3 Å². The number of anilines is 1. The van der Waals surface area contributed by atoms with E-state index in [0.717, 1.165) is 40.1 Å². The molecular formula is C28H24N6O. The molecule has 0 aliphatic carbocycles. The number of rotatable bonds is 3. The second-order valence-corrected chi connectivity index (χ2v) is 8.77. The van der Waals surface area contributed by atoms with Crippen LogP contribution < -0.4 is 5.32 Å². The molecule has 2 amide bonds. The Morgan fingerprint density at radius 3 is 2.69 bits per heavy atom. The number of nitrogens with one attached hydrogen (secondary N) is 1. The van der Waals surface area contributed by atoms with Crippen molar-refractivity contribution in [2.75, 3.05) is 11.9 Å². The summed E-state index contributed by atoms with van der Waals surface area (Å²) in [6, 6.07) is 24.0. The van der Waals surface area contributed by atoms with Crippen molar-refractivity contribution < 1.29 is 4.79 Å². The first-order chi connectivity index (χ1) is 17.2. The molecule has 4 heterocycles. The number of aromatic nitrogens is 4. The Bertz CT molecular complexity index is 1560. The Labute approximate surface area is 203 Å². The fourth-order valence-electron chi connectivity index (χ4n) is 4.65. The van der Waals surface area contributed by atoms with Gasteiger partial charge in [-0.05, 0) is 54.8 Å². The Balaban J connectivity index is 1.34. The molecule has 7 nitrogen and oxygen atoms in total. The number of nitrogens with zero attached hydrogens (tertiary/aromatic N) is 5. The zero-order chi connectivity index (χ0) is 23.8. The van der Waals surface area contributed by atoms with Gasteiger partial charge in [0.25, 0.3) is 0 Å². The van der Waals surface area contributed by atoms with Crippen molar-refractivity contribution in [2.45, 2.75) is 19.9 Å². The summed E-state index contributed by atoms with van der Waals surface area (Å²) in [5.41, 5.74) is 8.00. The summed E-state index contributed by atoms with van der Waals surface area (Å²) >= 11 is 0. The zero-order valence-corrected chi connectivity index (χ0v) is 19.3. The second kappa shape index (κ2) is 8.68. The number of pyridine rings is 1. The van der Waals surface area contributed by atoms with Crippen LogP contribution in [-0.4, -0.2) is 37.1 Å². The number of amides is 2. The van der Waals surface area contributed by atoms with Crippen molar-refractivity contribution in [3.8, 4) is 22.5 Å². The van der Waals surface area contributed by atoms with Crippen LogP contribution in [0.25, 0.3) is 28.2 Å². The molecule has 1 aliphatic rings. The van der Waals surface area contributed by atoms with E-state index in [1.165, 1.54) is 11.1 Å². The maximum Gasteiger partial charge on any atom is 0.323 e. The van der Waals surface area contributed by atoms with Gasteiger partial charge in [0, 0.05) is 36.6 Å². The molecule has 6 rings (SSSR count). The number of carbonyl (C=O) groups excluding carboxylic acids is 1. The normalized spacial score (nSPS) is 13.0. The highest BCUT2D eigenvalue weighted by Crippen LogP contribution is 2.33. The van der Waals surface area contributed by atoms with Gasteiger partial charge >= 0.3 is 6.03 Å². The van der Waals surface area contributed by atoms with Crippen LogP contribution in [0.3, 0.4) is 0 Å². The van der Waals surface area contributed by atoms with Crippen LogP contribution in [-0.2, 0) is 13.0 Å². The highest BCUT2D eigenvalue weighted by molar-refractivity contribution is 5.90. The number of urea groups is 1. The van der Waals surface area contributed by atoms with Crippen LogP contribution in [0.4, 0.5) is 10.6 Å². The topological polar surface area (TPSA) is 75.4 Å². The third-order valence-corrected chi connectivity index (χ3v) is 6.37. The van der Waals surface area contributed by atoms with Crippen molar-refractivity contribution in [2.24, 2.45) is 0 Å². The van der Waals surface area contributed by atoms with Gasteiger partial charge in [-0.1, -0.05) is 48.0 Å². The molecule has 0 spiro atoms. The van der Waals surface area contributed by atoms with Crippen LogP contribution in [0.1, 0.15) is 16.7 Å². The summed E-state index contributed by atoms with van der Waals surface area (Å²) in [6.45, 7) is 3.34. The summed E-state index contributed by atoms with van der Waals surface area (Å²) in [6.07, 6.45) is 4.31. The van der Waals surface area contributed by atoms with E-state index in [9.17, 15) is 4.79 Å². The summed E-state index contributed by atoms with van der Waals surface area (Å²) in [5, 5.41) is 7.54. The predicted octanol–water partition coefficient (Wildman–Crippen LogP) is 5.36. The number of imidazole rings is 1. The van der Waals surface area contributed by atoms with E-state index >= 15 is 0 Å². The minimum atomic E-state index is -0.153. The molecule has 0 bridgehead atoms. The van der Waals surface area contributed by atoms with Gasteiger partial charge in [0.05, 0.1) is 5.69 Å². The second-order valence-electron chi connectivity index (χ2n) is 8.77. The van der Waals surface area contributed by atoms with Crippen molar-refractivity contribution >= 4 is 17.5 Å². The van der Waals surface area contributed by atoms with Crippen molar-refractivity contribution in [3.63, 3.8) is 0 Å². The molecule has 5 aromatic rings. The standard InChI is InChI=1S/C28H24N6O/c1-19-6-4-9-21(16-19)26-27(34-25(32-26)10-5-13-30-34)22-11-14-29-24(17-22)31-28(35)33-15-12-20-7-2-3-8-23(20)18-33/h2-11,13-14,16-17H,12,15,18H2,1H3,(H,29,31,35). The molecule has 1 aliphatic heterocycles. The SMILES string of the molecule is Cc1cccc(-c2nc3cccnn3c2-c2ccnc(NC(=O)N3CCc4ccccc4C3)c2)c1. The number of benzene rings is 2. The smallest absolute Gasteiger partial charge is 0.320 e. The highest BCUT2D eigenvalue weighted by atomic mass is 16.2. The zero-order valence-electron chi connectivity index (χ0n) is 19.3. The maximum absolute atomic E-state index is 13.1. The Kier molecular flexibility index (Phi) is 5.22. The van der Waals surface area contributed by atoms with Gasteiger partial charge in [0.15, 0.2) is 5.65 Å². The minimum Gasteiger partial charge on any atom is -0.320 e. The van der Waals surface area contributed by atoms with Gasteiger partial charge in [0.1, 0.15) is 11.5 Å². The van der Waals surface area contributed by atoms with E-state index < -0.39 is 0 Å². The lowest BCUT2D eigenvalue weighted by atomic mass is 10.0. The summed E-state index contributed by atoms with van der Waals surface area (Å²) in [7, 11) is 0. The van der Waals surface area contributed by atoms with Gasteiger partial charge < -0.3 is 4.90 Å². The van der Waals surface area contributed by atoms with Crippen LogP contribution in [0.2, 0.25) is 0 Å². The summed E-state index contributed by atoms with van der Waals surface area (Å²) < 4.78 is 1.83. The number of hydrogen-bond acceptors (Lipinski definition) is 4. The van der Waals surface area contributed by atoms with Crippen molar-refractivity contribution in [1.29, 1.82) is 0 Å². The van der Waals surface area contributed by atoms with Crippen molar-refractivity contribution in [1.82, 2.24) is 24.5 Å². The van der Waals surface area contributed by atoms with E-state index in [1.807, 2.05) is 51.9 Å². The first kappa shape index (κ1) is 21.0. The van der Waals surface area contributed by atoms with E-state index in [0.29, 0.717) is 18.9 Å². The molecule has 0 saturated carbocycles. The molecule has 35 heavy (non-hydrogen) atoms. The van der Waals surface area contributed by atoms with E-state index in [4.69, 9.17) is 4.98 Å². The van der Waals surface area contributed by atoms with Crippen LogP contribution in [0.15, 0.2) is 85.2 Å². The Morgan fingerprint density at radius 1 is 0.914 bits per heavy atom. The lowest BCUT2D eigenvalue weighted by Crippen LogP contribution is -2.39. The summed E-state index contributed by atoms with van der Waals surface area (Å²) in [5.74, 6) is 0.493. The van der Waals surface area contributed by atoms with Crippen molar-refractivity contribution in [3.05, 3.63) is 102 Å². The van der Waals surface area contributed by atoms with Gasteiger partial charge in [-0.3, -0.25) is 5.32 Å². The molecule has 0 radical (unpaired) electrons. The predicted molar refractivity (Wildman–Crippen MR) is 136 cm³/mol. The highest BCUT2D eigenvalue weighted by Gasteiger charge is 2.22.